The molecule has 0 spiro atoms. The average molecular weight is 271 g/mol. The number of anilines is 1. The van der Waals surface area contributed by atoms with Crippen molar-refractivity contribution < 1.29 is 10.2 Å². The van der Waals surface area contributed by atoms with Crippen LogP contribution >= 0.6 is 0 Å². The first-order chi connectivity index (χ1) is 9.61. The number of nitrogens with one attached hydrogen (secondary N) is 1. The molecule has 0 fully saturated rings. The van der Waals surface area contributed by atoms with Crippen LogP contribution in [-0.4, -0.2) is 29.5 Å². The predicted octanol–water partition coefficient (Wildman–Crippen LogP) is 2.74. The summed E-state index contributed by atoms with van der Waals surface area (Å²) >= 11 is 0. The Morgan fingerprint density at radius 1 is 1.05 bits per heavy atom. The highest BCUT2D eigenvalue weighted by molar-refractivity contribution is 5.78. The molecule has 0 heterocycles. The third kappa shape index (κ3) is 3.38. The standard InChI is InChI=1S/C17H21NO2/c1-12-7-8-14(9-13(12)2)16-5-3-4-6-17(16)18-10-15(20)11-19/h3-9,15,18-20H,10-11H2,1-2H3. The maximum Gasteiger partial charge on any atom is 0.0942 e. The van der Waals surface area contributed by atoms with E-state index in [9.17, 15) is 5.11 Å². The highest BCUT2D eigenvalue weighted by Crippen LogP contribution is 2.29. The van der Waals surface area contributed by atoms with Crippen LogP contribution in [0.25, 0.3) is 11.1 Å². The fraction of sp³-hybridized carbons (Fsp3) is 0.294. The van der Waals surface area contributed by atoms with Crippen LogP contribution in [0.3, 0.4) is 0 Å². The normalized spacial score (nSPS) is 12.2. The molecule has 0 saturated heterocycles. The van der Waals surface area contributed by atoms with Crippen molar-refractivity contribution in [3.05, 3.63) is 53.6 Å². The summed E-state index contributed by atoms with van der Waals surface area (Å²) in [6, 6.07) is 14.4. The van der Waals surface area contributed by atoms with Crippen molar-refractivity contribution in [1.29, 1.82) is 0 Å². The molecule has 3 N–H and O–H groups in total. The molecule has 106 valence electrons. The third-order valence-corrected chi connectivity index (χ3v) is 3.48. The van der Waals surface area contributed by atoms with Crippen LogP contribution in [0.1, 0.15) is 11.1 Å². The number of hydrogen-bond acceptors (Lipinski definition) is 3. The van der Waals surface area contributed by atoms with Gasteiger partial charge in [0, 0.05) is 17.8 Å². The van der Waals surface area contributed by atoms with Gasteiger partial charge in [0.2, 0.25) is 0 Å². The van der Waals surface area contributed by atoms with E-state index in [0.29, 0.717) is 6.54 Å². The maximum absolute atomic E-state index is 9.45. The Morgan fingerprint density at radius 3 is 2.50 bits per heavy atom. The average Bonchev–Trinajstić information content (AvgIpc) is 2.48. The summed E-state index contributed by atoms with van der Waals surface area (Å²) in [5.74, 6) is 0. The Morgan fingerprint density at radius 2 is 1.80 bits per heavy atom. The first-order valence-electron chi connectivity index (χ1n) is 6.81. The van der Waals surface area contributed by atoms with Gasteiger partial charge in [-0.2, -0.15) is 0 Å². The number of hydrogen-bond donors (Lipinski definition) is 3. The van der Waals surface area contributed by atoms with E-state index in [2.05, 4.69) is 43.4 Å². The number of aliphatic hydroxyl groups excluding tert-OH is 2. The topological polar surface area (TPSA) is 52.5 Å². The Balaban J connectivity index is 2.29. The van der Waals surface area contributed by atoms with Gasteiger partial charge in [-0.15, -0.1) is 0 Å². The van der Waals surface area contributed by atoms with E-state index in [0.717, 1.165) is 16.8 Å². The molecule has 0 amide bonds. The van der Waals surface area contributed by atoms with E-state index in [-0.39, 0.29) is 6.61 Å². The number of aryl methyl sites for hydroxylation is 2. The van der Waals surface area contributed by atoms with Gasteiger partial charge in [0.1, 0.15) is 0 Å². The lowest BCUT2D eigenvalue weighted by molar-refractivity contribution is 0.105. The van der Waals surface area contributed by atoms with Crippen molar-refractivity contribution >= 4 is 5.69 Å². The van der Waals surface area contributed by atoms with Crippen molar-refractivity contribution in [3.63, 3.8) is 0 Å². The quantitative estimate of drug-likeness (QED) is 0.783. The lowest BCUT2D eigenvalue weighted by atomic mass is 9.99. The lowest BCUT2D eigenvalue weighted by Crippen LogP contribution is -2.23. The minimum absolute atomic E-state index is 0.237. The van der Waals surface area contributed by atoms with E-state index in [4.69, 9.17) is 5.11 Å². The Kier molecular flexibility index (Phi) is 4.77. The van der Waals surface area contributed by atoms with Crippen LogP contribution in [0.2, 0.25) is 0 Å². The van der Waals surface area contributed by atoms with E-state index >= 15 is 0 Å². The highest BCUT2D eigenvalue weighted by atomic mass is 16.3. The molecule has 3 nitrogen and oxygen atoms in total. The van der Waals surface area contributed by atoms with Gasteiger partial charge in [-0.1, -0.05) is 36.4 Å². The van der Waals surface area contributed by atoms with Gasteiger partial charge in [0.25, 0.3) is 0 Å². The number of rotatable bonds is 5. The van der Waals surface area contributed by atoms with E-state index in [1.54, 1.807) is 0 Å². The largest absolute Gasteiger partial charge is 0.394 e. The Bertz CT molecular complexity index is 581. The zero-order chi connectivity index (χ0) is 14.5. The van der Waals surface area contributed by atoms with Crippen LogP contribution in [0.15, 0.2) is 42.5 Å². The summed E-state index contributed by atoms with van der Waals surface area (Å²) < 4.78 is 0. The zero-order valence-electron chi connectivity index (χ0n) is 11.9. The van der Waals surface area contributed by atoms with E-state index in [1.165, 1.54) is 11.1 Å². The Labute approximate surface area is 119 Å². The summed E-state index contributed by atoms with van der Waals surface area (Å²) in [4.78, 5) is 0. The molecule has 0 aromatic heterocycles. The second kappa shape index (κ2) is 6.55. The van der Waals surface area contributed by atoms with Crippen LogP contribution in [0.5, 0.6) is 0 Å². The highest BCUT2D eigenvalue weighted by Gasteiger charge is 2.07. The molecule has 0 aliphatic rings. The molecule has 0 bridgehead atoms. The summed E-state index contributed by atoms with van der Waals surface area (Å²) in [5, 5.41) is 21.5. The summed E-state index contributed by atoms with van der Waals surface area (Å²) in [5.41, 5.74) is 5.74. The van der Waals surface area contributed by atoms with Crippen LogP contribution in [0.4, 0.5) is 5.69 Å². The van der Waals surface area contributed by atoms with Gasteiger partial charge in [-0.25, -0.2) is 0 Å². The van der Waals surface area contributed by atoms with E-state index in [1.807, 2.05) is 18.2 Å². The minimum atomic E-state index is -0.747. The molecule has 0 saturated carbocycles. The second-order valence-corrected chi connectivity index (χ2v) is 5.06. The monoisotopic (exact) mass is 271 g/mol. The molecule has 2 aromatic carbocycles. The van der Waals surface area contributed by atoms with Crippen LogP contribution < -0.4 is 5.32 Å². The summed E-state index contributed by atoms with van der Waals surface area (Å²) in [6.07, 6.45) is -0.747. The molecule has 1 unspecified atom stereocenters. The molecule has 3 heteroatoms. The summed E-state index contributed by atoms with van der Waals surface area (Å²) in [7, 11) is 0. The van der Waals surface area contributed by atoms with Crippen molar-refractivity contribution in [2.75, 3.05) is 18.5 Å². The van der Waals surface area contributed by atoms with Crippen molar-refractivity contribution in [2.24, 2.45) is 0 Å². The fourth-order valence-corrected chi connectivity index (χ4v) is 2.09. The molecule has 0 aliphatic heterocycles. The van der Waals surface area contributed by atoms with E-state index < -0.39 is 6.10 Å². The van der Waals surface area contributed by atoms with Gasteiger partial charge >= 0.3 is 0 Å². The molecular weight excluding hydrogens is 250 g/mol. The molecule has 2 aromatic rings. The minimum Gasteiger partial charge on any atom is -0.394 e. The lowest BCUT2D eigenvalue weighted by Gasteiger charge is -2.15. The predicted molar refractivity (Wildman–Crippen MR) is 82.9 cm³/mol. The summed E-state index contributed by atoms with van der Waals surface area (Å²) in [6.45, 7) is 4.29. The van der Waals surface area contributed by atoms with Crippen molar-refractivity contribution in [2.45, 2.75) is 20.0 Å². The number of aliphatic hydroxyl groups is 2. The SMILES string of the molecule is Cc1ccc(-c2ccccc2NCC(O)CO)cc1C. The molecule has 0 aliphatic carbocycles. The first kappa shape index (κ1) is 14.6. The molecule has 0 radical (unpaired) electrons. The van der Waals surface area contributed by atoms with Gasteiger partial charge in [-0.3, -0.25) is 0 Å². The third-order valence-electron chi connectivity index (χ3n) is 3.48. The molecule has 2 rings (SSSR count). The molecule has 1 atom stereocenters. The fourth-order valence-electron chi connectivity index (χ4n) is 2.09. The Hall–Kier alpha value is -1.84. The van der Waals surface area contributed by atoms with Gasteiger partial charge in [0.15, 0.2) is 0 Å². The second-order valence-electron chi connectivity index (χ2n) is 5.06. The van der Waals surface area contributed by atoms with Crippen LogP contribution in [0, 0.1) is 13.8 Å². The van der Waals surface area contributed by atoms with Gasteiger partial charge in [-0.05, 0) is 36.6 Å². The van der Waals surface area contributed by atoms with Gasteiger partial charge in [0.05, 0.1) is 12.7 Å². The van der Waals surface area contributed by atoms with Crippen LogP contribution in [-0.2, 0) is 0 Å². The smallest absolute Gasteiger partial charge is 0.0942 e. The molecule has 20 heavy (non-hydrogen) atoms. The number of para-hydroxylation sites is 1. The van der Waals surface area contributed by atoms with Gasteiger partial charge < -0.3 is 15.5 Å². The zero-order valence-corrected chi connectivity index (χ0v) is 11.9. The molecular formula is C17H21NO2. The van der Waals surface area contributed by atoms with Crippen molar-refractivity contribution in [3.8, 4) is 11.1 Å². The number of benzene rings is 2. The van der Waals surface area contributed by atoms with Crippen molar-refractivity contribution in [1.82, 2.24) is 0 Å². The first-order valence-corrected chi connectivity index (χ1v) is 6.81. The maximum atomic E-state index is 9.45.